The van der Waals surface area contributed by atoms with Crippen LogP contribution < -0.4 is 11.1 Å². The van der Waals surface area contributed by atoms with Crippen LogP contribution in [0.25, 0.3) is 11.0 Å². The van der Waals surface area contributed by atoms with E-state index in [1.807, 2.05) is 48.5 Å². The molecule has 1 aliphatic heterocycles. The van der Waals surface area contributed by atoms with Gasteiger partial charge in [-0.05, 0) is 43.5 Å². The van der Waals surface area contributed by atoms with Crippen molar-refractivity contribution in [3.05, 3.63) is 59.9 Å². The van der Waals surface area contributed by atoms with Crippen LogP contribution in [0.2, 0.25) is 0 Å². The fourth-order valence-corrected chi connectivity index (χ4v) is 3.23. The molecule has 0 spiro atoms. The predicted octanol–water partition coefficient (Wildman–Crippen LogP) is 3.23. The first kappa shape index (κ1) is 16.8. The first-order valence-electron chi connectivity index (χ1n) is 8.81. The fraction of sp³-hybridized carbons (Fsp3) is 0.300. The SMILES string of the molecule is CC(N)(C(=O)Nc1ccc2nc(C3CCCO3)[nH]c2c1)c1ccccc1. The van der Waals surface area contributed by atoms with E-state index in [1.165, 1.54) is 0 Å². The third kappa shape index (κ3) is 3.09. The molecule has 6 nitrogen and oxygen atoms in total. The molecule has 1 saturated heterocycles. The maximum Gasteiger partial charge on any atom is 0.248 e. The van der Waals surface area contributed by atoms with Gasteiger partial charge in [-0.3, -0.25) is 4.79 Å². The Morgan fingerprint density at radius 3 is 2.85 bits per heavy atom. The van der Waals surface area contributed by atoms with Gasteiger partial charge in [-0.15, -0.1) is 0 Å². The third-order valence-electron chi connectivity index (χ3n) is 4.84. The molecule has 6 heteroatoms. The molecule has 1 aromatic heterocycles. The second-order valence-corrected chi connectivity index (χ2v) is 6.88. The van der Waals surface area contributed by atoms with E-state index in [4.69, 9.17) is 10.5 Å². The van der Waals surface area contributed by atoms with Gasteiger partial charge in [0.15, 0.2) is 0 Å². The van der Waals surface area contributed by atoms with Gasteiger partial charge >= 0.3 is 0 Å². The molecule has 0 aliphatic carbocycles. The van der Waals surface area contributed by atoms with E-state index in [2.05, 4.69) is 15.3 Å². The molecule has 0 radical (unpaired) electrons. The Labute approximate surface area is 151 Å². The number of H-pyrrole nitrogens is 1. The molecule has 2 unspecified atom stereocenters. The van der Waals surface area contributed by atoms with Crippen molar-refractivity contribution in [2.75, 3.05) is 11.9 Å². The molecule has 2 atom stereocenters. The number of ether oxygens (including phenoxy) is 1. The minimum atomic E-state index is -1.12. The first-order valence-corrected chi connectivity index (χ1v) is 8.81. The average Bonchev–Trinajstić information content (AvgIpc) is 3.31. The molecule has 4 N–H and O–H groups in total. The molecule has 1 fully saturated rings. The fourth-order valence-electron chi connectivity index (χ4n) is 3.23. The van der Waals surface area contributed by atoms with E-state index < -0.39 is 5.54 Å². The molecule has 0 bridgehead atoms. The van der Waals surface area contributed by atoms with Crippen molar-refractivity contribution in [1.29, 1.82) is 0 Å². The van der Waals surface area contributed by atoms with E-state index in [0.29, 0.717) is 5.69 Å². The molecule has 2 heterocycles. The Morgan fingerprint density at radius 1 is 1.31 bits per heavy atom. The number of nitrogens with one attached hydrogen (secondary N) is 2. The number of anilines is 1. The lowest BCUT2D eigenvalue weighted by molar-refractivity contribution is -0.120. The zero-order valence-corrected chi connectivity index (χ0v) is 14.7. The van der Waals surface area contributed by atoms with Gasteiger partial charge in [0.1, 0.15) is 17.5 Å². The van der Waals surface area contributed by atoms with Crippen molar-refractivity contribution >= 4 is 22.6 Å². The van der Waals surface area contributed by atoms with Gasteiger partial charge in [0.25, 0.3) is 0 Å². The molecule has 4 rings (SSSR count). The second-order valence-electron chi connectivity index (χ2n) is 6.88. The highest BCUT2D eigenvalue weighted by Crippen LogP contribution is 2.29. The summed E-state index contributed by atoms with van der Waals surface area (Å²) in [5.41, 5.74) is 8.33. The summed E-state index contributed by atoms with van der Waals surface area (Å²) in [6.45, 7) is 2.49. The lowest BCUT2D eigenvalue weighted by atomic mass is 9.92. The lowest BCUT2D eigenvalue weighted by Crippen LogP contribution is -2.45. The normalized spacial score (nSPS) is 19.4. The van der Waals surface area contributed by atoms with Crippen LogP contribution in [-0.2, 0) is 15.1 Å². The Bertz CT molecular complexity index is 927. The van der Waals surface area contributed by atoms with Crippen molar-refractivity contribution in [3.8, 4) is 0 Å². The maximum absolute atomic E-state index is 12.7. The summed E-state index contributed by atoms with van der Waals surface area (Å²) in [6.07, 6.45) is 2.06. The van der Waals surface area contributed by atoms with E-state index in [-0.39, 0.29) is 12.0 Å². The highest BCUT2D eigenvalue weighted by molar-refractivity contribution is 5.99. The van der Waals surface area contributed by atoms with Gasteiger partial charge in [-0.25, -0.2) is 4.98 Å². The molecule has 3 aromatic rings. The number of imidazole rings is 1. The van der Waals surface area contributed by atoms with Crippen LogP contribution in [0.4, 0.5) is 5.69 Å². The third-order valence-corrected chi connectivity index (χ3v) is 4.84. The Morgan fingerprint density at radius 2 is 2.12 bits per heavy atom. The number of aromatic amines is 1. The number of nitrogens with zero attached hydrogens (tertiary/aromatic N) is 1. The average molecular weight is 350 g/mol. The van der Waals surface area contributed by atoms with Crippen LogP contribution in [0, 0.1) is 0 Å². The number of hydrogen-bond donors (Lipinski definition) is 3. The van der Waals surface area contributed by atoms with Gasteiger partial charge in [0, 0.05) is 12.3 Å². The minimum absolute atomic E-state index is 0.0332. The zero-order valence-electron chi connectivity index (χ0n) is 14.7. The molecular weight excluding hydrogens is 328 g/mol. The van der Waals surface area contributed by atoms with Crippen LogP contribution in [0.1, 0.15) is 37.3 Å². The Hall–Kier alpha value is -2.70. The quantitative estimate of drug-likeness (QED) is 0.673. The highest BCUT2D eigenvalue weighted by Gasteiger charge is 2.30. The zero-order chi connectivity index (χ0) is 18.1. The molecule has 26 heavy (non-hydrogen) atoms. The van der Waals surface area contributed by atoms with E-state index >= 15 is 0 Å². The van der Waals surface area contributed by atoms with Crippen molar-refractivity contribution in [2.24, 2.45) is 5.73 Å². The molecule has 1 aliphatic rings. The van der Waals surface area contributed by atoms with Crippen LogP contribution in [-0.4, -0.2) is 22.5 Å². The van der Waals surface area contributed by atoms with Crippen molar-refractivity contribution in [1.82, 2.24) is 9.97 Å². The number of hydrogen-bond acceptors (Lipinski definition) is 4. The number of carbonyl (C=O) groups is 1. The van der Waals surface area contributed by atoms with Crippen LogP contribution >= 0.6 is 0 Å². The van der Waals surface area contributed by atoms with Gasteiger partial charge in [0.2, 0.25) is 5.91 Å². The van der Waals surface area contributed by atoms with Gasteiger partial charge in [-0.2, -0.15) is 0 Å². The van der Waals surface area contributed by atoms with Gasteiger partial charge in [0.05, 0.1) is 11.0 Å². The molecule has 0 saturated carbocycles. The summed E-state index contributed by atoms with van der Waals surface area (Å²) < 4.78 is 5.68. The van der Waals surface area contributed by atoms with Crippen LogP contribution in [0.3, 0.4) is 0 Å². The molecule has 1 amide bonds. The van der Waals surface area contributed by atoms with Crippen molar-refractivity contribution < 1.29 is 9.53 Å². The van der Waals surface area contributed by atoms with E-state index in [1.54, 1.807) is 6.92 Å². The lowest BCUT2D eigenvalue weighted by Gasteiger charge is -2.24. The largest absolute Gasteiger partial charge is 0.370 e. The Balaban J connectivity index is 1.56. The summed E-state index contributed by atoms with van der Waals surface area (Å²) in [5, 5.41) is 2.91. The summed E-state index contributed by atoms with van der Waals surface area (Å²) in [5.74, 6) is 0.579. The van der Waals surface area contributed by atoms with E-state index in [9.17, 15) is 4.79 Å². The number of aromatic nitrogens is 2. The maximum atomic E-state index is 12.7. The van der Waals surface area contributed by atoms with Crippen LogP contribution in [0.5, 0.6) is 0 Å². The number of nitrogens with two attached hydrogens (primary N) is 1. The Kier molecular flexibility index (Phi) is 4.22. The summed E-state index contributed by atoms with van der Waals surface area (Å²) in [7, 11) is 0. The molecular formula is C20H22N4O2. The summed E-state index contributed by atoms with van der Waals surface area (Å²) in [6, 6.07) is 14.9. The first-order chi connectivity index (χ1) is 12.5. The minimum Gasteiger partial charge on any atom is -0.370 e. The number of benzene rings is 2. The molecule has 2 aromatic carbocycles. The summed E-state index contributed by atoms with van der Waals surface area (Å²) in [4.78, 5) is 20.6. The van der Waals surface area contributed by atoms with Crippen molar-refractivity contribution in [3.63, 3.8) is 0 Å². The predicted molar refractivity (Wildman–Crippen MR) is 101 cm³/mol. The van der Waals surface area contributed by atoms with E-state index in [0.717, 1.165) is 41.9 Å². The standard InChI is InChI=1S/C20H22N4O2/c1-20(21,13-6-3-2-4-7-13)19(25)22-14-9-10-15-16(12-14)24-18(23-15)17-8-5-11-26-17/h2-4,6-7,9-10,12,17H,5,8,11,21H2,1H3,(H,22,25)(H,23,24). The van der Waals surface area contributed by atoms with Crippen molar-refractivity contribution in [2.45, 2.75) is 31.4 Å². The highest BCUT2D eigenvalue weighted by atomic mass is 16.5. The van der Waals surface area contributed by atoms with Gasteiger partial charge < -0.3 is 20.8 Å². The number of carbonyl (C=O) groups excluding carboxylic acids is 1. The number of amides is 1. The monoisotopic (exact) mass is 350 g/mol. The topological polar surface area (TPSA) is 93.0 Å². The summed E-state index contributed by atoms with van der Waals surface area (Å²) >= 11 is 0. The van der Waals surface area contributed by atoms with Gasteiger partial charge in [-0.1, -0.05) is 30.3 Å². The molecule has 134 valence electrons. The number of rotatable bonds is 4. The second kappa shape index (κ2) is 6.55. The van der Waals surface area contributed by atoms with Crippen LogP contribution in [0.15, 0.2) is 48.5 Å². The number of fused-ring (bicyclic) bond motifs is 1. The smallest absolute Gasteiger partial charge is 0.248 e.